The number of thiophene rings is 1. The number of hydrogen-bond acceptors (Lipinski definition) is 2. The average molecular weight is 284 g/mol. The highest BCUT2D eigenvalue weighted by Crippen LogP contribution is 2.28. The fourth-order valence-corrected chi connectivity index (χ4v) is 3.22. The summed E-state index contributed by atoms with van der Waals surface area (Å²) < 4.78 is 13.7. The molecule has 0 saturated heterocycles. The van der Waals surface area contributed by atoms with Crippen LogP contribution in [0, 0.1) is 12.7 Å². The summed E-state index contributed by atoms with van der Waals surface area (Å²) in [6.07, 6.45) is 0.601. The number of halogens is 2. The summed E-state index contributed by atoms with van der Waals surface area (Å²) >= 11 is 7.61. The fourth-order valence-electron chi connectivity index (χ4n) is 1.99. The van der Waals surface area contributed by atoms with Crippen molar-refractivity contribution >= 4 is 22.9 Å². The maximum Gasteiger partial charge on any atom is 0.126 e. The number of nitrogens with one attached hydrogen (secondary N) is 1. The Hall–Kier alpha value is -0.900. The standard InChI is InChI=1S/C14H15ClFNS/c1-9-5-6-18-14(9)13(17-2)8-10-7-11(15)3-4-12(10)16/h3-7,13,17H,8H2,1-2H3. The van der Waals surface area contributed by atoms with Gasteiger partial charge in [-0.05, 0) is 61.2 Å². The molecule has 96 valence electrons. The van der Waals surface area contributed by atoms with Gasteiger partial charge >= 0.3 is 0 Å². The lowest BCUT2D eigenvalue weighted by Gasteiger charge is -2.16. The molecule has 0 saturated carbocycles. The lowest BCUT2D eigenvalue weighted by molar-refractivity contribution is 0.558. The summed E-state index contributed by atoms with van der Waals surface area (Å²) in [5, 5.41) is 5.87. The van der Waals surface area contributed by atoms with Crippen molar-refractivity contribution in [2.24, 2.45) is 0 Å². The molecule has 2 rings (SSSR count). The lowest BCUT2D eigenvalue weighted by Crippen LogP contribution is -2.19. The highest BCUT2D eigenvalue weighted by Gasteiger charge is 2.16. The molecule has 0 fully saturated rings. The van der Waals surface area contributed by atoms with E-state index in [0.29, 0.717) is 17.0 Å². The number of likely N-dealkylation sites (N-methyl/N-ethyl adjacent to an activating group) is 1. The van der Waals surface area contributed by atoms with Crippen molar-refractivity contribution in [3.05, 3.63) is 56.5 Å². The minimum atomic E-state index is -0.200. The highest BCUT2D eigenvalue weighted by atomic mass is 35.5. The van der Waals surface area contributed by atoms with Crippen LogP contribution < -0.4 is 5.32 Å². The third kappa shape index (κ3) is 2.91. The Kier molecular flexibility index (Phi) is 4.38. The van der Waals surface area contributed by atoms with Crippen molar-refractivity contribution in [3.8, 4) is 0 Å². The van der Waals surface area contributed by atoms with Gasteiger partial charge in [0.2, 0.25) is 0 Å². The van der Waals surface area contributed by atoms with Gasteiger partial charge in [-0.1, -0.05) is 11.6 Å². The van der Waals surface area contributed by atoms with Crippen LogP contribution in [0.5, 0.6) is 0 Å². The van der Waals surface area contributed by atoms with Crippen LogP contribution in [-0.2, 0) is 6.42 Å². The van der Waals surface area contributed by atoms with Gasteiger partial charge in [0.15, 0.2) is 0 Å². The molecule has 0 spiro atoms. The summed E-state index contributed by atoms with van der Waals surface area (Å²) in [4.78, 5) is 1.25. The topological polar surface area (TPSA) is 12.0 Å². The van der Waals surface area contributed by atoms with E-state index in [1.54, 1.807) is 23.5 Å². The van der Waals surface area contributed by atoms with Gasteiger partial charge in [0.1, 0.15) is 5.82 Å². The predicted octanol–water partition coefficient (Wildman–Crippen LogP) is 4.35. The van der Waals surface area contributed by atoms with Crippen molar-refractivity contribution in [2.45, 2.75) is 19.4 Å². The summed E-state index contributed by atoms with van der Waals surface area (Å²) in [6.45, 7) is 2.07. The van der Waals surface area contributed by atoms with E-state index in [9.17, 15) is 4.39 Å². The van der Waals surface area contributed by atoms with Crippen LogP contribution in [-0.4, -0.2) is 7.05 Å². The summed E-state index contributed by atoms with van der Waals surface area (Å²) in [5.74, 6) is -0.200. The smallest absolute Gasteiger partial charge is 0.126 e. The molecular weight excluding hydrogens is 269 g/mol. The molecule has 0 aliphatic heterocycles. The van der Waals surface area contributed by atoms with Crippen LogP contribution in [0.3, 0.4) is 0 Å². The lowest BCUT2D eigenvalue weighted by atomic mass is 10.0. The summed E-state index contributed by atoms with van der Waals surface area (Å²) in [5.41, 5.74) is 1.89. The van der Waals surface area contributed by atoms with Crippen molar-refractivity contribution in [1.82, 2.24) is 5.32 Å². The molecule has 1 heterocycles. The third-order valence-electron chi connectivity index (χ3n) is 3.00. The monoisotopic (exact) mass is 283 g/mol. The van der Waals surface area contributed by atoms with Gasteiger partial charge in [0, 0.05) is 15.9 Å². The van der Waals surface area contributed by atoms with Gasteiger partial charge in [0.25, 0.3) is 0 Å². The predicted molar refractivity (Wildman–Crippen MR) is 76.0 cm³/mol. The van der Waals surface area contributed by atoms with Gasteiger partial charge in [-0.2, -0.15) is 0 Å². The average Bonchev–Trinajstić information content (AvgIpc) is 2.77. The van der Waals surface area contributed by atoms with E-state index in [0.717, 1.165) is 0 Å². The minimum Gasteiger partial charge on any atom is -0.312 e. The van der Waals surface area contributed by atoms with Gasteiger partial charge in [-0.3, -0.25) is 0 Å². The Morgan fingerprint density at radius 2 is 2.17 bits per heavy atom. The van der Waals surface area contributed by atoms with E-state index >= 15 is 0 Å². The fraction of sp³-hybridized carbons (Fsp3) is 0.286. The van der Waals surface area contributed by atoms with Crippen LogP contribution in [0.1, 0.15) is 22.0 Å². The first-order valence-corrected chi connectivity index (χ1v) is 7.02. The molecule has 4 heteroatoms. The maximum absolute atomic E-state index is 13.7. The zero-order chi connectivity index (χ0) is 13.1. The quantitative estimate of drug-likeness (QED) is 0.879. The second-order valence-corrected chi connectivity index (χ2v) is 5.63. The second-order valence-electron chi connectivity index (χ2n) is 4.25. The third-order valence-corrected chi connectivity index (χ3v) is 4.37. The molecule has 1 nitrogen and oxygen atoms in total. The molecule has 2 aromatic rings. The largest absolute Gasteiger partial charge is 0.312 e. The summed E-state index contributed by atoms with van der Waals surface area (Å²) in [7, 11) is 1.90. The van der Waals surface area contributed by atoms with E-state index in [-0.39, 0.29) is 11.9 Å². The van der Waals surface area contributed by atoms with Gasteiger partial charge < -0.3 is 5.32 Å². The number of aryl methyl sites for hydroxylation is 1. The van der Waals surface area contributed by atoms with Crippen LogP contribution >= 0.6 is 22.9 Å². The Balaban J connectivity index is 2.26. The summed E-state index contributed by atoms with van der Waals surface area (Å²) in [6, 6.07) is 6.90. The molecule has 0 amide bonds. The van der Waals surface area contributed by atoms with Crippen molar-refractivity contribution in [3.63, 3.8) is 0 Å². The van der Waals surface area contributed by atoms with Crippen LogP contribution in [0.15, 0.2) is 29.6 Å². The maximum atomic E-state index is 13.7. The number of benzene rings is 1. The Labute approximate surface area is 116 Å². The van der Waals surface area contributed by atoms with Crippen molar-refractivity contribution in [1.29, 1.82) is 0 Å². The Bertz CT molecular complexity index is 538. The van der Waals surface area contributed by atoms with Crippen molar-refractivity contribution < 1.29 is 4.39 Å². The molecule has 0 radical (unpaired) electrons. The molecule has 0 aliphatic rings. The first kappa shape index (κ1) is 13.5. The molecule has 18 heavy (non-hydrogen) atoms. The minimum absolute atomic E-state index is 0.123. The van der Waals surface area contributed by atoms with E-state index in [2.05, 4.69) is 23.7 Å². The zero-order valence-electron chi connectivity index (χ0n) is 10.3. The van der Waals surface area contributed by atoms with Gasteiger partial charge in [0.05, 0.1) is 0 Å². The van der Waals surface area contributed by atoms with E-state index < -0.39 is 0 Å². The molecule has 1 atom stereocenters. The van der Waals surface area contributed by atoms with Gasteiger partial charge in [-0.25, -0.2) is 4.39 Å². The molecule has 1 aromatic heterocycles. The SMILES string of the molecule is CNC(Cc1cc(Cl)ccc1F)c1sccc1C. The number of hydrogen-bond donors (Lipinski definition) is 1. The molecule has 1 aromatic carbocycles. The first-order valence-electron chi connectivity index (χ1n) is 5.77. The Morgan fingerprint density at radius 1 is 1.39 bits per heavy atom. The van der Waals surface area contributed by atoms with E-state index in [1.165, 1.54) is 16.5 Å². The zero-order valence-corrected chi connectivity index (χ0v) is 11.9. The van der Waals surface area contributed by atoms with Crippen LogP contribution in [0.2, 0.25) is 5.02 Å². The highest BCUT2D eigenvalue weighted by molar-refractivity contribution is 7.10. The molecule has 1 unspecified atom stereocenters. The number of rotatable bonds is 4. The molecule has 0 bridgehead atoms. The Morgan fingerprint density at radius 3 is 2.78 bits per heavy atom. The van der Waals surface area contributed by atoms with E-state index in [1.807, 2.05) is 7.05 Å². The normalized spacial score (nSPS) is 12.7. The van der Waals surface area contributed by atoms with Crippen LogP contribution in [0.25, 0.3) is 0 Å². The first-order chi connectivity index (χ1) is 8.61. The molecule has 0 aliphatic carbocycles. The van der Waals surface area contributed by atoms with Gasteiger partial charge in [-0.15, -0.1) is 11.3 Å². The van der Waals surface area contributed by atoms with E-state index in [4.69, 9.17) is 11.6 Å². The molecular formula is C14H15ClFNS. The molecule has 1 N–H and O–H groups in total. The second kappa shape index (κ2) is 5.83. The van der Waals surface area contributed by atoms with Crippen molar-refractivity contribution in [2.75, 3.05) is 7.05 Å². The van der Waals surface area contributed by atoms with Crippen LogP contribution in [0.4, 0.5) is 4.39 Å².